The molecule has 1 aliphatic rings. The third-order valence-corrected chi connectivity index (χ3v) is 2.69. The molecule has 70 valence electrons. The third kappa shape index (κ3) is 1.71. The Bertz CT molecular complexity index is 299. The van der Waals surface area contributed by atoms with Crippen molar-refractivity contribution in [3.8, 4) is 0 Å². The Labute approximate surface area is 79.8 Å². The zero-order valence-corrected chi connectivity index (χ0v) is 7.83. The Morgan fingerprint density at radius 2 is 2.62 bits per heavy atom. The number of likely N-dealkylation sites (tertiary alicyclic amines) is 1. The number of hydrogen-bond donors (Lipinski definition) is 1. The van der Waals surface area contributed by atoms with Gasteiger partial charge in [0.25, 0.3) is 5.91 Å². The van der Waals surface area contributed by atoms with Crippen molar-refractivity contribution in [2.45, 2.75) is 12.5 Å². The fraction of sp³-hybridized carbons (Fsp3) is 0.500. The maximum absolute atomic E-state index is 11.6. The molecule has 0 unspecified atom stereocenters. The van der Waals surface area contributed by atoms with Crippen molar-refractivity contribution in [1.82, 2.24) is 9.88 Å². The maximum atomic E-state index is 11.6. The van der Waals surface area contributed by atoms with Crippen LogP contribution in [-0.2, 0) is 0 Å². The van der Waals surface area contributed by atoms with Gasteiger partial charge in [0.2, 0.25) is 0 Å². The highest BCUT2D eigenvalue weighted by molar-refractivity contribution is 7.07. The van der Waals surface area contributed by atoms with E-state index in [1.54, 1.807) is 15.8 Å². The normalized spacial score (nSPS) is 22.2. The second-order valence-corrected chi connectivity index (χ2v) is 3.79. The summed E-state index contributed by atoms with van der Waals surface area (Å²) in [6, 6.07) is 0. The van der Waals surface area contributed by atoms with Gasteiger partial charge in [-0.3, -0.25) is 4.79 Å². The first-order valence-corrected chi connectivity index (χ1v) is 5.07. The number of aromatic nitrogens is 1. The summed E-state index contributed by atoms with van der Waals surface area (Å²) in [5.74, 6) is -0.0715. The van der Waals surface area contributed by atoms with E-state index < -0.39 is 0 Å². The number of amides is 1. The van der Waals surface area contributed by atoms with Crippen molar-refractivity contribution in [1.29, 1.82) is 0 Å². The highest BCUT2D eigenvalue weighted by Gasteiger charge is 2.25. The Morgan fingerprint density at radius 3 is 3.15 bits per heavy atom. The largest absolute Gasteiger partial charge is 0.391 e. The number of nitrogens with zero attached hydrogens (tertiary/aromatic N) is 2. The van der Waals surface area contributed by atoms with Crippen LogP contribution in [0, 0.1) is 0 Å². The summed E-state index contributed by atoms with van der Waals surface area (Å²) in [5, 5.41) is 11.0. The molecule has 1 aromatic rings. The number of thiazole rings is 1. The van der Waals surface area contributed by atoms with Gasteiger partial charge in [-0.25, -0.2) is 4.98 Å². The fourth-order valence-corrected chi connectivity index (χ4v) is 1.93. The minimum Gasteiger partial charge on any atom is -0.391 e. The quantitative estimate of drug-likeness (QED) is 0.708. The Morgan fingerprint density at radius 1 is 1.77 bits per heavy atom. The second kappa shape index (κ2) is 3.43. The molecule has 0 spiro atoms. The number of carbonyl (C=O) groups excluding carboxylic acids is 1. The lowest BCUT2D eigenvalue weighted by atomic mass is 10.3. The molecular formula is C8H10N2O2S. The molecule has 4 nitrogen and oxygen atoms in total. The third-order valence-electron chi connectivity index (χ3n) is 2.10. The highest BCUT2D eigenvalue weighted by atomic mass is 32.1. The van der Waals surface area contributed by atoms with Crippen molar-refractivity contribution in [2.75, 3.05) is 13.1 Å². The van der Waals surface area contributed by atoms with Crippen molar-refractivity contribution >= 4 is 17.2 Å². The predicted octanol–water partition coefficient (Wildman–Crippen LogP) is 0.350. The van der Waals surface area contributed by atoms with E-state index in [4.69, 9.17) is 0 Å². The first kappa shape index (κ1) is 8.65. The number of aliphatic hydroxyl groups is 1. The van der Waals surface area contributed by atoms with Gasteiger partial charge in [0, 0.05) is 18.5 Å². The zero-order valence-electron chi connectivity index (χ0n) is 7.01. The highest BCUT2D eigenvalue weighted by Crippen LogP contribution is 2.13. The molecule has 1 saturated heterocycles. The molecule has 1 amide bonds. The number of aliphatic hydroxyl groups excluding tert-OH is 1. The summed E-state index contributed by atoms with van der Waals surface area (Å²) in [6.45, 7) is 1.08. The molecule has 2 heterocycles. The minimum atomic E-state index is -0.359. The van der Waals surface area contributed by atoms with Gasteiger partial charge in [0.05, 0.1) is 11.6 Å². The van der Waals surface area contributed by atoms with Crippen LogP contribution < -0.4 is 0 Å². The van der Waals surface area contributed by atoms with Crippen LogP contribution in [0.25, 0.3) is 0 Å². The van der Waals surface area contributed by atoms with Gasteiger partial charge in [-0.05, 0) is 6.42 Å². The summed E-state index contributed by atoms with van der Waals surface area (Å²) >= 11 is 1.41. The van der Waals surface area contributed by atoms with Gasteiger partial charge in [0.1, 0.15) is 5.69 Å². The topological polar surface area (TPSA) is 53.4 Å². The lowest BCUT2D eigenvalue weighted by Gasteiger charge is -2.13. The number of hydrogen-bond acceptors (Lipinski definition) is 4. The maximum Gasteiger partial charge on any atom is 0.273 e. The van der Waals surface area contributed by atoms with Crippen LogP contribution in [0.2, 0.25) is 0 Å². The number of carbonyl (C=O) groups is 1. The molecule has 13 heavy (non-hydrogen) atoms. The summed E-state index contributed by atoms with van der Waals surface area (Å²) in [7, 11) is 0. The standard InChI is InChI=1S/C8H10N2O2S/c11-6-1-2-10(3-6)8(12)7-4-13-5-9-7/h4-6,11H,1-3H2/t6-/m1/s1. The van der Waals surface area contributed by atoms with Crippen LogP contribution in [-0.4, -0.2) is 40.1 Å². The summed E-state index contributed by atoms with van der Waals surface area (Å²) in [4.78, 5) is 17.2. The van der Waals surface area contributed by atoms with Crippen LogP contribution in [0.5, 0.6) is 0 Å². The molecule has 0 aliphatic carbocycles. The molecule has 1 aromatic heterocycles. The first-order valence-electron chi connectivity index (χ1n) is 4.13. The molecule has 1 N–H and O–H groups in total. The first-order chi connectivity index (χ1) is 6.27. The van der Waals surface area contributed by atoms with Crippen LogP contribution in [0.1, 0.15) is 16.9 Å². The van der Waals surface area contributed by atoms with E-state index >= 15 is 0 Å². The van der Waals surface area contributed by atoms with E-state index in [1.807, 2.05) is 0 Å². The van der Waals surface area contributed by atoms with Crippen LogP contribution >= 0.6 is 11.3 Å². The van der Waals surface area contributed by atoms with E-state index in [0.29, 0.717) is 25.2 Å². The molecule has 1 atom stereocenters. The number of β-amino-alcohol motifs (C(OH)–C–C–N with tert-alkyl or cyclic N) is 1. The molecule has 5 heteroatoms. The fourth-order valence-electron chi connectivity index (χ4n) is 1.41. The molecule has 1 aliphatic heterocycles. The molecule has 0 radical (unpaired) electrons. The molecule has 0 saturated carbocycles. The van der Waals surface area contributed by atoms with Crippen molar-refractivity contribution < 1.29 is 9.90 Å². The Balaban J connectivity index is 2.06. The molecule has 1 fully saturated rings. The molecule has 2 rings (SSSR count). The lowest BCUT2D eigenvalue weighted by Crippen LogP contribution is -2.29. The second-order valence-electron chi connectivity index (χ2n) is 3.07. The van der Waals surface area contributed by atoms with Gasteiger partial charge in [-0.2, -0.15) is 0 Å². The summed E-state index contributed by atoms with van der Waals surface area (Å²) in [5.41, 5.74) is 2.12. The Hall–Kier alpha value is -0.940. The molecule has 0 aromatic carbocycles. The van der Waals surface area contributed by atoms with Crippen LogP contribution in [0.3, 0.4) is 0 Å². The SMILES string of the molecule is O=C(c1cscn1)N1CC[C@@H](O)C1. The average Bonchev–Trinajstić information content (AvgIpc) is 2.72. The van der Waals surface area contributed by atoms with Crippen molar-refractivity contribution in [3.63, 3.8) is 0 Å². The van der Waals surface area contributed by atoms with E-state index in [-0.39, 0.29) is 12.0 Å². The van der Waals surface area contributed by atoms with Crippen LogP contribution in [0.15, 0.2) is 10.9 Å². The predicted molar refractivity (Wildman–Crippen MR) is 48.6 cm³/mol. The lowest BCUT2D eigenvalue weighted by molar-refractivity contribution is 0.0760. The zero-order chi connectivity index (χ0) is 9.26. The summed E-state index contributed by atoms with van der Waals surface area (Å²) in [6.07, 6.45) is 0.318. The van der Waals surface area contributed by atoms with E-state index in [0.717, 1.165) is 0 Å². The average molecular weight is 198 g/mol. The van der Waals surface area contributed by atoms with Gasteiger partial charge >= 0.3 is 0 Å². The smallest absolute Gasteiger partial charge is 0.273 e. The Kier molecular flexibility index (Phi) is 2.28. The van der Waals surface area contributed by atoms with E-state index in [2.05, 4.69) is 4.98 Å². The molecule has 0 bridgehead atoms. The van der Waals surface area contributed by atoms with Gasteiger partial charge < -0.3 is 10.0 Å². The van der Waals surface area contributed by atoms with E-state index in [1.165, 1.54) is 11.3 Å². The van der Waals surface area contributed by atoms with Gasteiger partial charge in [-0.1, -0.05) is 0 Å². The van der Waals surface area contributed by atoms with E-state index in [9.17, 15) is 9.90 Å². The van der Waals surface area contributed by atoms with Crippen molar-refractivity contribution in [2.24, 2.45) is 0 Å². The molecular weight excluding hydrogens is 188 g/mol. The minimum absolute atomic E-state index is 0.0715. The number of rotatable bonds is 1. The van der Waals surface area contributed by atoms with Crippen LogP contribution in [0.4, 0.5) is 0 Å². The van der Waals surface area contributed by atoms with Crippen molar-refractivity contribution in [3.05, 3.63) is 16.6 Å². The summed E-state index contributed by atoms with van der Waals surface area (Å²) < 4.78 is 0. The van der Waals surface area contributed by atoms with Gasteiger partial charge in [0.15, 0.2) is 0 Å². The monoisotopic (exact) mass is 198 g/mol. The van der Waals surface area contributed by atoms with Gasteiger partial charge in [-0.15, -0.1) is 11.3 Å².